The smallest absolute Gasteiger partial charge is 0.257 e. The fourth-order valence-corrected chi connectivity index (χ4v) is 4.60. The van der Waals surface area contributed by atoms with Crippen molar-refractivity contribution in [3.8, 4) is 5.69 Å². The molecule has 1 atom stereocenters. The molecule has 0 N–H and O–H groups in total. The van der Waals surface area contributed by atoms with Gasteiger partial charge >= 0.3 is 0 Å². The summed E-state index contributed by atoms with van der Waals surface area (Å²) in [5.74, 6) is 0.697. The minimum atomic E-state index is -0.175. The first-order chi connectivity index (χ1) is 14.1. The Morgan fingerprint density at radius 3 is 2.72 bits per heavy atom. The summed E-state index contributed by atoms with van der Waals surface area (Å²) in [4.78, 5) is 15.4. The third-order valence-electron chi connectivity index (χ3n) is 6.18. The van der Waals surface area contributed by atoms with Gasteiger partial charge in [0.05, 0.1) is 36.4 Å². The van der Waals surface area contributed by atoms with Crippen LogP contribution >= 0.6 is 11.6 Å². The number of amides is 1. The molecule has 0 spiro atoms. The maximum Gasteiger partial charge on any atom is 0.257 e. The van der Waals surface area contributed by atoms with Crippen LogP contribution in [-0.2, 0) is 9.47 Å². The molecule has 29 heavy (non-hydrogen) atoms. The Morgan fingerprint density at radius 1 is 1.21 bits per heavy atom. The van der Waals surface area contributed by atoms with Crippen molar-refractivity contribution in [3.63, 3.8) is 0 Å². The molecule has 3 fully saturated rings. The second kappa shape index (κ2) is 7.74. The number of nitrogens with zero attached hydrogens (tertiary/aromatic N) is 3. The lowest BCUT2D eigenvalue weighted by atomic mass is 9.96. The second-order valence-electron chi connectivity index (χ2n) is 8.33. The number of carbonyl (C=O) groups is 1. The van der Waals surface area contributed by atoms with Crippen LogP contribution in [0.4, 0.5) is 0 Å². The highest BCUT2D eigenvalue weighted by molar-refractivity contribution is 6.31. The minimum Gasteiger partial charge on any atom is -0.350 e. The molecule has 0 bridgehead atoms. The third kappa shape index (κ3) is 3.69. The molecule has 2 aromatic rings. The number of benzene rings is 1. The number of ether oxygens (including phenoxy) is 2. The van der Waals surface area contributed by atoms with E-state index in [1.165, 1.54) is 0 Å². The van der Waals surface area contributed by atoms with Crippen LogP contribution in [-0.4, -0.2) is 53.2 Å². The molecule has 2 saturated heterocycles. The molecule has 1 aromatic heterocycles. The van der Waals surface area contributed by atoms with Crippen molar-refractivity contribution >= 4 is 17.5 Å². The van der Waals surface area contributed by atoms with Crippen LogP contribution in [0.3, 0.4) is 0 Å². The van der Waals surface area contributed by atoms with Crippen molar-refractivity contribution < 1.29 is 14.3 Å². The number of likely N-dealkylation sites (tertiary alicyclic amines) is 1. The average Bonchev–Trinajstić information content (AvgIpc) is 3.25. The maximum atomic E-state index is 13.4. The van der Waals surface area contributed by atoms with Crippen molar-refractivity contribution in [2.45, 2.75) is 44.8 Å². The van der Waals surface area contributed by atoms with Gasteiger partial charge in [0.2, 0.25) is 0 Å². The molecular weight excluding hydrogens is 390 g/mol. The number of aryl methyl sites for hydroxylation is 1. The Labute approximate surface area is 175 Å². The molecule has 2 aliphatic heterocycles. The van der Waals surface area contributed by atoms with Gasteiger partial charge in [0, 0.05) is 29.9 Å². The van der Waals surface area contributed by atoms with E-state index >= 15 is 0 Å². The predicted octanol–water partition coefficient (Wildman–Crippen LogP) is 3.94. The van der Waals surface area contributed by atoms with Crippen LogP contribution in [0.25, 0.3) is 5.69 Å². The van der Waals surface area contributed by atoms with Crippen LogP contribution in [0.15, 0.2) is 24.4 Å². The number of carbonyl (C=O) groups excluding carboxylic acids is 1. The molecule has 5 rings (SSSR count). The highest BCUT2D eigenvalue weighted by Gasteiger charge is 2.37. The van der Waals surface area contributed by atoms with E-state index in [1.54, 1.807) is 6.20 Å². The summed E-state index contributed by atoms with van der Waals surface area (Å²) in [5, 5.41) is 5.30. The van der Waals surface area contributed by atoms with Crippen LogP contribution in [0, 0.1) is 12.8 Å². The molecule has 0 radical (unpaired) electrons. The Balaban J connectivity index is 1.42. The molecular formula is C22H26ClN3O3. The summed E-state index contributed by atoms with van der Waals surface area (Å²) in [5.41, 5.74) is 3.68. The van der Waals surface area contributed by atoms with E-state index in [0.29, 0.717) is 30.7 Å². The molecule has 3 heterocycles. The molecule has 3 aliphatic rings. The van der Waals surface area contributed by atoms with Crippen molar-refractivity contribution in [2.24, 2.45) is 5.92 Å². The maximum absolute atomic E-state index is 13.4. The molecule has 1 amide bonds. The minimum absolute atomic E-state index is 0.0686. The second-order valence-corrected chi connectivity index (χ2v) is 8.73. The number of aromatic nitrogens is 2. The van der Waals surface area contributed by atoms with Gasteiger partial charge in [-0.2, -0.15) is 5.10 Å². The van der Waals surface area contributed by atoms with Crippen LogP contribution in [0.1, 0.15) is 53.2 Å². The average molecular weight is 416 g/mol. The molecule has 1 aliphatic carbocycles. The van der Waals surface area contributed by atoms with Gasteiger partial charge in [0.15, 0.2) is 6.29 Å². The van der Waals surface area contributed by atoms with Gasteiger partial charge in [0.25, 0.3) is 5.91 Å². The van der Waals surface area contributed by atoms with E-state index in [2.05, 4.69) is 5.10 Å². The quantitative estimate of drug-likeness (QED) is 0.759. The zero-order chi connectivity index (χ0) is 20.0. The Kier molecular flexibility index (Phi) is 5.10. The van der Waals surface area contributed by atoms with Crippen LogP contribution in [0.5, 0.6) is 0 Å². The largest absolute Gasteiger partial charge is 0.350 e. The SMILES string of the molecule is Cc1ccc(-n2ncc(C(=O)N3CCCC(C4OCCO4)C3)c2C2CC2)cc1Cl. The first kappa shape index (κ1) is 19.1. The fourth-order valence-electron chi connectivity index (χ4n) is 4.43. The lowest BCUT2D eigenvalue weighted by molar-refractivity contribution is -0.0969. The number of hydrogen-bond donors (Lipinski definition) is 0. The van der Waals surface area contributed by atoms with Crippen molar-refractivity contribution in [2.75, 3.05) is 26.3 Å². The van der Waals surface area contributed by atoms with Crippen LogP contribution < -0.4 is 0 Å². The van der Waals surface area contributed by atoms with E-state index in [9.17, 15) is 4.79 Å². The van der Waals surface area contributed by atoms with E-state index in [0.717, 1.165) is 54.7 Å². The highest BCUT2D eigenvalue weighted by Crippen LogP contribution is 2.43. The van der Waals surface area contributed by atoms with E-state index < -0.39 is 0 Å². The monoisotopic (exact) mass is 415 g/mol. The van der Waals surface area contributed by atoms with Gasteiger partial charge < -0.3 is 14.4 Å². The molecule has 1 aromatic carbocycles. The third-order valence-corrected chi connectivity index (χ3v) is 6.59. The van der Waals surface area contributed by atoms with Gasteiger partial charge in [-0.3, -0.25) is 4.79 Å². The van der Waals surface area contributed by atoms with Gasteiger partial charge in [-0.05, 0) is 50.3 Å². The lowest BCUT2D eigenvalue weighted by Crippen LogP contribution is -2.44. The number of hydrogen-bond acceptors (Lipinski definition) is 4. The summed E-state index contributed by atoms with van der Waals surface area (Å²) in [6.45, 7) is 4.72. The molecule has 154 valence electrons. The summed E-state index contributed by atoms with van der Waals surface area (Å²) >= 11 is 6.34. The van der Waals surface area contributed by atoms with Gasteiger partial charge in [-0.25, -0.2) is 4.68 Å². The van der Waals surface area contributed by atoms with Crippen LogP contribution in [0.2, 0.25) is 5.02 Å². The topological polar surface area (TPSA) is 56.6 Å². The van der Waals surface area contributed by atoms with Gasteiger partial charge in [-0.15, -0.1) is 0 Å². The van der Waals surface area contributed by atoms with E-state index in [1.807, 2.05) is 34.7 Å². The Bertz CT molecular complexity index is 918. The number of halogens is 1. The summed E-state index contributed by atoms with van der Waals surface area (Å²) in [6, 6.07) is 5.93. The first-order valence-corrected chi connectivity index (χ1v) is 10.9. The standard InChI is InChI=1S/C22H26ClN3O3/c1-14-4-7-17(11-19(14)23)26-20(15-5-6-15)18(12-24-26)21(27)25-8-2-3-16(13-25)22-28-9-10-29-22/h4,7,11-12,15-16,22H,2-3,5-6,8-10,13H2,1H3. The van der Waals surface area contributed by atoms with Crippen molar-refractivity contribution in [3.05, 3.63) is 46.2 Å². The Morgan fingerprint density at radius 2 is 2.00 bits per heavy atom. The lowest BCUT2D eigenvalue weighted by Gasteiger charge is -2.34. The molecule has 1 unspecified atom stereocenters. The zero-order valence-electron chi connectivity index (χ0n) is 16.6. The van der Waals surface area contributed by atoms with Gasteiger partial charge in [-0.1, -0.05) is 17.7 Å². The number of piperidine rings is 1. The van der Waals surface area contributed by atoms with Crippen molar-refractivity contribution in [1.82, 2.24) is 14.7 Å². The predicted molar refractivity (Wildman–Crippen MR) is 110 cm³/mol. The van der Waals surface area contributed by atoms with E-state index in [4.69, 9.17) is 21.1 Å². The highest BCUT2D eigenvalue weighted by atomic mass is 35.5. The summed E-state index contributed by atoms with van der Waals surface area (Å²) in [6.07, 6.45) is 5.75. The summed E-state index contributed by atoms with van der Waals surface area (Å²) < 4.78 is 13.3. The molecule has 6 nitrogen and oxygen atoms in total. The zero-order valence-corrected chi connectivity index (χ0v) is 17.4. The summed E-state index contributed by atoms with van der Waals surface area (Å²) in [7, 11) is 0. The first-order valence-electron chi connectivity index (χ1n) is 10.5. The normalized spacial score (nSPS) is 23.0. The Hall–Kier alpha value is -1.89. The number of rotatable bonds is 4. The van der Waals surface area contributed by atoms with Crippen molar-refractivity contribution in [1.29, 1.82) is 0 Å². The molecule has 1 saturated carbocycles. The molecule has 7 heteroatoms. The fraction of sp³-hybridized carbons (Fsp3) is 0.545. The van der Waals surface area contributed by atoms with E-state index in [-0.39, 0.29) is 18.1 Å². The van der Waals surface area contributed by atoms with Gasteiger partial charge in [0.1, 0.15) is 0 Å².